The van der Waals surface area contributed by atoms with E-state index in [0.717, 1.165) is 0 Å². The third kappa shape index (κ3) is 7.12. The predicted octanol–water partition coefficient (Wildman–Crippen LogP) is 2.75. The van der Waals surface area contributed by atoms with Crippen molar-refractivity contribution in [3.05, 3.63) is 24.6 Å². The van der Waals surface area contributed by atoms with Crippen LogP contribution in [0.1, 0.15) is 20.8 Å². The maximum absolute atomic E-state index is 4.88. The first-order chi connectivity index (χ1) is 6.11. The van der Waals surface area contributed by atoms with E-state index in [0.29, 0.717) is 17.4 Å². The topological polar surface area (TPSA) is 30.8 Å². The Morgan fingerprint density at radius 2 is 1.54 bits per heavy atom. The Bertz CT molecular complexity index is 195. The van der Waals surface area contributed by atoms with Crippen molar-refractivity contribution >= 4 is 5.90 Å². The molecule has 3 heteroatoms. The van der Waals surface area contributed by atoms with E-state index in [-0.39, 0.29) is 0 Å². The lowest BCUT2D eigenvalue weighted by atomic mass is 10.5. The molecule has 76 valence electrons. The molecule has 0 amide bonds. The third-order valence-corrected chi connectivity index (χ3v) is 0.971. The second-order valence-electron chi connectivity index (χ2n) is 1.98. The molecule has 0 atom stereocenters. The fraction of sp³-hybridized carbons (Fsp3) is 0.500. The molecule has 0 spiro atoms. The molecule has 0 unspecified atom stereocenters. The number of hydrogen-bond donors (Lipinski definition) is 0. The number of hydrogen-bond acceptors (Lipinski definition) is 3. The van der Waals surface area contributed by atoms with E-state index in [1.165, 1.54) is 14.2 Å². The number of aliphatic imine (C=N–C) groups is 1. The summed E-state index contributed by atoms with van der Waals surface area (Å²) in [6, 6.07) is 0. The van der Waals surface area contributed by atoms with Gasteiger partial charge in [0.05, 0.1) is 14.2 Å². The van der Waals surface area contributed by atoms with Gasteiger partial charge in [0.1, 0.15) is 0 Å². The number of allylic oxidation sites excluding steroid dienone is 1. The van der Waals surface area contributed by atoms with E-state index in [1.54, 1.807) is 6.92 Å². The minimum atomic E-state index is 0.361. The second kappa shape index (κ2) is 8.84. The molecular formula is C10H19NO2. The largest absolute Gasteiger partial charge is 0.492 e. The lowest BCUT2D eigenvalue weighted by Gasteiger charge is -2.05. The van der Waals surface area contributed by atoms with Gasteiger partial charge >= 0.3 is 0 Å². The molecule has 13 heavy (non-hydrogen) atoms. The molecule has 0 fully saturated rings. The number of rotatable bonds is 3. The highest BCUT2D eigenvalue weighted by atomic mass is 16.5. The van der Waals surface area contributed by atoms with Gasteiger partial charge in [-0.05, 0) is 6.92 Å². The van der Waals surface area contributed by atoms with Gasteiger partial charge in [-0.25, -0.2) is 4.99 Å². The zero-order chi connectivity index (χ0) is 10.9. The Labute approximate surface area is 80.8 Å². The summed E-state index contributed by atoms with van der Waals surface area (Å²) in [7, 11) is 3.02. The maximum atomic E-state index is 4.88. The fourth-order valence-corrected chi connectivity index (χ4v) is 0.482. The van der Waals surface area contributed by atoms with E-state index >= 15 is 0 Å². The molecule has 0 bridgehead atoms. The van der Waals surface area contributed by atoms with Crippen LogP contribution in [0.25, 0.3) is 0 Å². The highest BCUT2D eigenvalue weighted by Crippen LogP contribution is 2.00. The van der Waals surface area contributed by atoms with E-state index < -0.39 is 0 Å². The zero-order valence-corrected chi connectivity index (χ0v) is 9.18. The molecule has 0 N–H and O–H groups in total. The van der Waals surface area contributed by atoms with Crippen molar-refractivity contribution in [1.29, 1.82) is 0 Å². The quantitative estimate of drug-likeness (QED) is 0.384. The van der Waals surface area contributed by atoms with E-state index in [1.807, 2.05) is 13.8 Å². The normalized spacial score (nSPS) is 9.46. The molecule has 0 rings (SSSR count). The van der Waals surface area contributed by atoms with E-state index in [4.69, 9.17) is 9.47 Å². The van der Waals surface area contributed by atoms with Crippen molar-refractivity contribution in [1.82, 2.24) is 0 Å². The van der Waals surface area contributed by atoms with Gasteiger partial charge in [-0.2, -0.15) is 0 Å². The molecule has 0 aliphatic rings. The van der Waals surface area contributed by atoms with Crippen molar-refractivity contribution in [2.45, 2.75) is 20.8 Å². The van der Waals surface area contributed by atoms with Crippen LogP contribution < -0.4 is 0 Å². The predicted molar refractivity (Wildman–Crippen MR) is 56.8 cm³/mol. The molecule has 0 aromatic rings. The molecule has 3 nitrogen and oxygen atoms in total. The smallest absolute Gasteiger partial charge is 0.256 e. The van der Waals surface area contributed by atoms with Crippen molar-refractivity contribution in [3.8, 4) is 0 Å². The molecule has 0 aliphatic carbocycles. The lowest BCUT2D eigenvalue weighted by molar-refractivity contribution is 0.287. The van der Waals surface area contributed by atoms with Gasteiger partial charge in [-0.3, -0.25) is 0 Å². The Hall–Kier alpha value is -1.25. The first-order valence-corrected chi connectivity index (χ1v) is 4.13. The van der Waals surface area contributed by atoms with Crippen LogP contribution in [0.5, 0.6) is 0 Å². The average Bonchev–Trinajstić information content (AvgIpc) is 2.16. The maximum Gasteiger partial charge on any atom is 0.256 e. The first kappa shape index (κ1) is 14.3. The van der Waals surface area contributed by atoms with Crippen LogP contribution in [0, 0.1) is 0 Å². The van der Waals surface area contributed by atoms with E-state index in [9.17, 15) is 0 Å². The Morgan fingerprint density at radius 1 is 1.08 bits per heavy atom. The summed E-state index contributed by atoms with van der Waals surface area (Å²) in [4.78, 5) is 3.94. The summed E-state index contributed by atoms with van der Waals surface area (Å²) >= 11 is 0. The monoisotopic (exact) mass is 185 g/mol. The van der Waals surface area contributed by atoms with Gasteiger partial charge in [0, 0.05) is 5.70 Å². The van der Waals surface area contributed by atoms with Crippen molar-refractivity contribution in [2.75, 3.05) is 14.2 Å². The fourth-order valence-electron chi connectivity index (χ4n) is 0.482. The summed E-state index contributed by atoms with van der Waals surface area (Å²) < 4.78 is 9.69. The van der Waals surface area contributed by atoms with Crippen LogP contribution in [0.3, 0.4) is 0 Å². The minimum Gasteiger partial charge on any atom is -0.492 e. The zero-order valence-electron chi connectivity index (χ0n) is 9.18. The molecule has 0 saturated heterocycles. The summed E-state index contributed by atoms with van der Waals surface area (Å²) in [5.41, 5.74) is 0.653. The summed E-state index contributed by atoms with van der Waals surface area (Å²) in [5.74, 6) is 0.760. The Morgan fingerprint density at radius 3 is 1.77 bits per heavy atom. The van der Waals surface area contributed by atoms with Crippen molar-refractivity contribution < 1.29 is 9.47 Å². The van der Waals surface area contributed by atoms with Gasteiger partial charge in [-0.1, -0.05) is 27.0 Å². The highest BCUT2D eigenvalue weighted by Gasteiger charge is 2.02. The highest BCUT2D eigenvalue weighted by molar-refractivity contribution is 5.91. The molecule has 0 aromatic heterocycles. The average molecular weight is 185 g/mol. The number of nitrogens with zero attached hydrogens (tertiary/aromatic N) is 1. The van der Waals surface area contributed by atoms with Gasteiger partial charge < -0.3 is 9.47 Å². The van der Waals surface area contributed by atoms with Crippen LogP contribution in [-0.2, 0) is 9.47 Å². The molecule has 0 radical (unpaired) electrons. The van der Waals surface area contributed by atoms with Crippen LogP contribution in [0.4, 0.5) is 0 Å². The Kier molecular flexibility index (Phi) is 9.72. The third-order valence-electron chi connectivity index (χ3n) is 0.971. The first-order valence-electron chi connectivity index (χ1n) is 4.13. The molecule has 0 aliphatic heterocycles. The van der Waals surface area contributed by atoms with Gasteiger partial charge in [0.15, 0.2) is 5.76 Å². The second-order valence-corrected chi connectivity index (χ2v) is 1.98. The molecular weight excluding hydrogens is 166 g/mol. The SMILES string of the molecule is C=C(C)N=C(OC)C(=C)OC.CC. The summed E-state index contributed by atoms with van der Waals surface area (Å²) in [6.07, 6.45) is 0. The summed E-state index contributed by atoms with van der Waals surface area (Å²) in [6.45, 7) is 12.9. The van der Waals surface area contributed by atoms with Crippen molar-refractivity contribution in [3.63, 3.8) is 0 Å². The van der Waals surface area contributed by atoms with Crippen LogP contribution >= 0.6 is 0 Å². The Balaban J connectivity index is 0. The van der Waals surface area contributed by atoms with Gasteiger partial charge in [0.25, 0.3) is 5.90 Å². The molecule has 0 heterocycles. The van der Waals surface area contributed by atoms with Gasteiger partial charge in [-0.15, -0.1) is 0 Å². The van der Waals surface area contributed by atoms with Gasteiger partial charge in [0.2, 0.25) is 0 Å². The number of ether oxygens (including phenoxy) is 2. The van der Waals surface area contributed by atoms with E-state index in [2.05, 4.69) is 18.2 Å². The minimum absolute atomic E-state index is 0.361. The van der Waals surface area contributed by atoms with Crippen molar-refractivity contribution in [2.24, 2.45) is 4.99 Å². The summed E-state index contributed by atoms with van der Waals surface area (Å²) in [5, 5.41) is 0. The van der Waals surface area contributed by atoms with Crippen LogP contribution in [0.15, 0.2) is 29.6 Å². The molecule has 0 aromatic carbocycles. The standard InChI is InChI=1S/C8H13NO2.C2H6/c1-6(2)9-8(11-5)7(3)10-4;1-2/h1,3H2,2,4-5H3;1-2H3. The lowest BCUT2D eigenvalue weighted by Crippen LogP contribution is -2.06. The van der Waals surface area contributed by atoms with Crippen LogP contribution in [-0.4, -0.2) is 20.1 Å². The van der Waals surface area contributed by atoms with Crippen LogP contribution in [0.2, 0.25) is 0 Å². The number of methoxy groups -OCH3 is 2. The molecule has 0 saturated carbocycles.